The second-order valence-corrected chi connectivity index (χ2v) is 9.93. The average Bonchev–Trinajstić information content (AvgIpc) is 2.69. The maximum absolute atomic E-state index is 12.1. The minimum atomic E-state index is -4.01. The molecule has 30 heavy (non-hydrogen) atoms. The van der Waals surface area contributed by atoms with E-state index in [0.717, 1.165) is 12.3 Å². The monoisotopic (exact) mass is 452 g/mol. The van der Waals surface area contributed by atoms with E-state index in [1.807, 2.05) is 0 Å². The minimum absolute atomic E-state index is 0.0191. The van der Waals surface area contributed by atoms with Crippen LogP contribution in [0.3, 0.4) is 0 Å². The summed E-state index contributed by atoms with van der Waals surface area (Å²) in [6.07, 6.45) is 2.37. The number of sulfonamides is 1. The smallest absolute Gasteiger partial charge is 0.238 e. The van der Waals surface area contributed by atoms with Crippen molar-refractivity contribution in [2.75, 3.05) is 25.8 Å². The minimum Gasteiger partial charge on any atom is -0.497 e. The summed E-state index contributed by atoms with van der Waals surface area (Å²) in [4.78, 5) is 8.22. The normalized spacial score (nSPS) is 12.0. The molecule has 0 saturated heterocycles. The van der Waals surface area contributed by atoms with Crippen LogP contribution in [0.1, 0.15) is 5.56 Å². The number of nitrogens with zero attached hydrogens (tertiary/aromatic N) is 2. The quantitative estimate of drug-likeness (QED) is 0.540. The number of rotatable bonds is 7. The number of primary sulfonamides is 1. The maximum Gasteiger partial charge on any atom is 0.238 e. The van der Waals surface area contributed by atoms with Gasteiger partial charge in [0.05, 0.1) is 34.9 Å². The predicted molar refractivity (Wildman–Crippen MR) is 111 cm³/mol. The molecule has 160 valence electrons. The number of ether oxygens (including phenoxy) is 2. The summed E-state index contributed by atoms with van der Waals surface area (Å²) in [5, 5.41) is 8.78. The molecule has 0 atom stereocenters. The molecular formula is C18H20N4O6S2. The fourth-order valence-corrected chi connectivity index (χ4v) is 4.44. The first-order valence-electron chi connectivity index (χ1n) is 8.51. The van der Waals surface area contributed by atoms with Gasteiger partial charge in [0.15, 0.2) is 9.84 Å². The Bertz CT molecular complexity index is 1320. The lowest BCUT2D eigenvalue weighted by molar-refractivity contribution is 0.398. The zero-order chi connectivity index (χ0) is 22.1. The molecule has 12 heteroatoms. The van der Waals surface area contributed by atoms with Gasteiger partial charge in [0.2, 0.25) is 10.0 Å². The molecule has 0 unspecified atom stereocenters. The Kier molecular flexibility index (Phi) is 5.83. The summed E-state index contributed by atoms with van der Waals surface area (Å²) in [5.41, 5.74) is 0.772. The Labute approximate surface area is 174 Å². The number of aromatic nitrogens is 2. The number of sulfone groups is 1. The van der Waals surface area contributed by atoms with Crippen LogP contribution in [0.15, 0.2) is 46.5 Å². The van der Waals surface area contributed by atoms with Crippen molar-refractivity contribution in [2.24, 2.45) is 5.14 Å². The first-order valence-corrected chi connectivity index (χ1v) is 11.9. The number of nitrogens with two attached hydrogens (primary N) is 1. The van der Waals surface area contributed by atoms with E-state index in [1.54, 1.807) is 12.1 Å². The largest absolute Gasteiger partial charge is 0.497 e. The van der Waals surface area contributed by atoms with Crippen LogP contribution in [-0.4, -0.2) is 47.3 Å². The number of fused-ring (bicyclic) bond motifs is 1. The van der Waals surface area contributed by atoms with E-state index >= 15 is 0 Å². The van der Waals surface area contributed by atoms with Gasteiger partial charge in [0, 0.05) is 24.9 Å². The maximum atomic E-state index is 12.1. The number of hydrogen-bond acceptors (Lipinski definition) is 9. The molecule has 0 fully saturated rings. The van der Waals surface area contributed by atoms with Crippen LogP contribution in [0.2, 0.25) is 0 Å². The van der Waals surface area contributed by atoms with E-state index < -0.39 is 19.9 Å². The molecular weight excluding hydrogens is 432 g/mol. The predicted octanol–water partition coefficient (Wildman–Crippen LogP) is 1.31. The molecule has 0 amide bonds. The van der Waals surface area contributed by atoms with Gasteiger partial charge in [0.1, 0.15) is 23.6 Å². The molecule has 0 aliphatic carbocycles. The van der Waals surface area contributed by atoms with Gasteiger partial charge in [-0.15, -0.1) is 0 Å². The molecule has 0 spiro atoms. The zero-order valence-corrected chi connectivity index (χ0v) is 18.0. The van der Waals surface area contributed by atoms with E-state index in [0.29, 0.717) is 28.2 Å². The van der Waals surface area contributed by atoms with Gasteiger partial charge in [-0.3, -0.25) is 0 Å². The Hall–Kier alpha value is -2.96. The fraction of sp³-hybridized carbons (Fsp3) is 0.222. The van der Waals surface area contributed by atoms with E-state index in [1.165, 1.54) is 32.7 Å². The van der Waals surface area contributed by atoms with Crippen molar-refractivity contribution in [2.45, 2.75) is 16.3 Å². The Morgan fingerprint density at radius 2 is 1.77 bits per heavy atom. The summed E-state index contributed by atoms with van der Waals surface area (Å²) in [6.45, 7) is -0.0347. The third kappa shape index (κ3) is 4.45. The number of hydrogen-bond donors (Lipinski definition) is 2. The first kappa shape index (κ1) is 21.7. The molecule has 2 aromatic carbocycles. The molecule has 0 bridgehead atoms. The van der Waals surface area contributed by atoms with Crippen molar-refractivity contribution in [1.29, 1.82) is 0 Å². The van der Waals surface area contributed by atoms with E-state index in [2.05, 4.69) is 15.3 Å². The SMILES string of the molecule is COc1cc(OC)c2c(NCc3cc(S(N)(=O)=O)ccc3S(C)(=O)=O)ncnc2c1. The number of anilines is 1. The highest BCUT2D eigenvalue weighted by atomic mass is 32.2. The standard InChI is InChI=1S/C18H20N4O6S2/c1-27-12-7-14-17(15(8-12)28-2)18(22-10-21-14)20-9-11-6-13(30(19,25)26)4-5-16(11)29(3,23)24/h4-8,10H,9H2,1-3H3,(H2,19,25,26)(H,20,21,22). The van der Waals surface area contributed by atoms with Gasteiger partial charge in [-0.1, -0.05) is 0 Å². The highest BCUT2D eigenvalue weighted by molar-refractivity contribution is 7.90. The fourth-order valence-electron chi connectivity index (χ4n) is 2.95. The average molecular weight is 453 g/mol. The highest BCUT2D eigenvalue weighted by Gasteiger charge is 2.18. The molecule has 10 nitrogen and oxygen atoms in total. The van der Waals surface area contributed by atoms with Crippen molar-refractivity contribution < 1.29 is 26.3 Å². The molecule has 0 saturated carbocycles. The van der Waals surface area contributed by atoms with Crippen LogP contribution in [0.25, 0.3) is 10.9 Å². The lowest BCUT2D eigenvalue weighted by Crippen LogP contribution is -2.15. The van der Waals surface area contributed by atoms with Gasteiger partial charge in [0.25, 0.3) is 0 Å². The first-order chi connectivity index (χ1) is 14.0. The Balaban J connectivity index is 2.08. The number of methoxy groups -OCH3 is 2. The molecule has 3 rings (SSSR count). The second kappa shape index (κ2) is 8.05. The van der Waals surface area contributed by atoms with Gasteiger partial charge in [-0.25, -0.2) is 31.9 Å². The summed E-state index contributed by atoms with van der Waals surface area (Å²) in [5.74, 6) is 1.37. The summed E-state index contributed by atoms with van der Waals surface area (Å²) >= 11 is 0. The molecule has 3 N–H and O–H groups in total. The third-order valence-corrected chi connectivity index (χ3v) is 6.45. The lowest BCUT2D eigenvalue weighted by atomic mass is 10.2. The summed E-state index contributed by atoms with van der Waals surface area (Å²) < 4.78 is 58.3. The summed E-state index contributed by atoms with van der Waals surface area (Å²) in [7, 11) is -4.61. The molecule has 1 heterocycles. The molecule has 0 aliphatic heterocycles. The zero-order valence-electron chi connectivity index (χ0n) is 16.4. The van der Waals surface area contributed by atoms with Crippen LogP contribution in [0.5, 0.6) is 11.5 Å². The molecule has 0 aliphatic rings. The van der Waals surface area contributed by atoms with E-state index in [4.69, 9.17) is 14.6 Å². The van der Waals surface area contributed by atoms with Crippen LogP contribution in [0, 0.1) is 0 Å². The van der Waals surface area contributed by atoms with Crippen LogP contribution >= 0.6 is 0 Å². The Morgan fingerprint density at radius 1 is 1.03 bits per heavy atom. The topological polar surface area (TPSA) is 151 Å². The molecule has 1 aromatic heterocycles. The van der Waals surface area contributed by atoms with E-state index in [-0.39, 0.29) is 21.9 Å². The highest BCUT2D eigenvalue weighted by Crippen LogP contribution is 2.34. The third-order valence-electron chi connectivity index (χ3n) is 4.34. The Morgan fingerprint density at radius 3 is 2.37 bits per heavy atom. The van der Waals surface area contributed by atoms with Crippen molar-refractivity contribution in [3.63, 3.8) is 0 Å². The van der Waals surface area contributed by atoms with Gasteiger partial charge >= 0.3 is 0 Å². The van der Waals surface area contributed by atoms with Gasteiger partial charge in [-0.2, -0.15) is 0 Å². The summed E-state index contributed by atoms with van der Waals surface area (Å²) in [6, 6.07) is 6.97. The lowest BCUT2D eigenvalue weighted by Gasteiger charge is -2.14. The van der Waals surface area contributed by atoms with Crippen LogP contribution < -0.4 is 19.9 Å². The van der Waals surface area contributed by atoms with Crippen molar-refractivity contribution >= 4 is 36.6 Å². The number of nitrogens with one attached hydrogen (secondary N) is 1. The van der Waals surface area contributed by atoms with Gasteiger partial charge in [-0.05, 0) is 23.8 Å². The van der Waals surface area contributed by atoms with Crippen LogP contribution in [0.4, 0.5) is 5.82 Å². The van der Waals surface area contributed by atoms with Crippen molar-refractivity contribution in [3.05, 3.63) is 42.2 Å². The van der Waals surface area contributed by atoms with Crippen LogP contribution in [-0.2, 0) is 26.4 Å². The van der Waals surface area contributed by atoms with Crippen molar-refractivity contribution in [1.82, 2.24) is 9.97 Å². The van der Waals surface area contributed by atoms with Crippen molar-refractivity contribution in [3.8, 4) is 11.5 Å². The van der Waals surface area contributed by atoms with Gasteiger partial charge < -0.3 is 14.8 Å². The molecule has 3 aromatic rings. The molecule has 0 radical (unpaired) electrons. The van der Waals surface area contributed by atoms with E-state index in [9.17, 15) is 16.8 Å². The second-order valence-electron chi connectivity index (χ2n) is 6.39. The number of benzene rings is 2.